The third kappa shape index (κ3) is 3.24. The van der Waals surface area contributed by atoms with Crippen LogP contribution in [0.25, 0.3) is 0 Å². The number of nitrogens with zero attached hydrogens (tertiary/aromatic N) is 1. The lowest BCUT2D eigenvalue weighted by atomic mass is 9.94. The predicted molar refractivity (Wildman–Crippen MR) is 84.2 cm³/mol. The van der Waals surface area contributed by atoms with Gasteiger partial charge in [0.2, 0.25) is 10.0 Å². The van der Waals surface area contributed by atoms with Gasteiger partial charge < -0.3 is 4.74 Å². The van der Waals surface area contributed by atoms with E-state index in [4.69, 9.17) is 4.74 Å². The third-order valence-corrected chi connectivity index (χ3v) is 5.92. The molecule has 21 heavy (non-hydrogen) atoms. The molecule has 1 aliphatic heterocycles. The molecule has 4 nitrogen and oxygen atoms in total. The van der Waals surface area contributed by atoms with Crippen molar-refractivity contribution in [1.29, 1.82) is 0 Å². The maximum atomic E-state index is 12.9. The highest BCUT2D eigenvalue weighted by Gasteiger charge is 2.32. The average molecular weight is 311 g/mol. The summed E-state index contributed by atoms with van der Waals surface area (Å²) in [4.78, 5) is 0.375. The van der Waals surface area contributed by atoms with Crippen LogP contribution in [-0.4, -0.2) is 32.9 Å². The molecule has 1 aliphatic rings. The minimum absolute atomic E-state index is 0.375. The van der Waals surface area contributed by atoms with Gasteiger partial charge in [-0.25, -0.2) is 8.42 Å². The number of rotatable bonds is 3. The monoisotopic (exact) mass is 311 g/mol. The van der Waals surface area contributed by atoms with E-state index in [1.165, 1.54) is 0 Å². The summed E-state index contributed by atoms with van der Waals surface area (Å²) in [7, 11) is -1.81. The smallest absolute Gasteiger partial charge is 0.243 e. The van der Waals surface area contributed by atoms with Crippen molar-refractivity contribution in [2.75, 3.05) is 20.2 Å². The lowest BCUT2D eigenvalue weighted by molar-refractivity contribution is 0.222. The molecular weight excluding hydrogens is 286 g/mol. The number of benzene rings is 1. The van der Waals surface area contributed by atoms with Gasteiger partial charge in [0.1, 0.15) is 5.75 Å². The summed E-state index contributed by atoms with van der Waals surface area (Å²) in [6.45, 7) is 9.21. The number of hydrogen-bond acceptors (Lipinski definition) is 3. The van der Waals surface area contributed by atoms with Gasteiger partial charge in [0.05, 0.1) is 12.0 Å². The fourth-order valence-electron chi connectivity index (χ4n) is 3.33. The van der Waals surface area contributed by atoms with E-state index in [9.17, 15) is 8.42 Å². The molecule has 0 bridgehead atoms. The number of piperidine rings is 1. The van der Waals surface area contributed by atoms with E-state index in [1.54, 1.807) is 23.5 Å². The molecule has 2 rings (SSSR count). The zero-order valence-electron chi connectivity index (χ0n) is 13.5. The maximum Gasteiger partial charge on any atom is 0.243 e. The SMILES string of the molecule is COc1c(C)cc(S(=O)(=O)N2C[C@@H](C)C[C@H](C)C2)cc1C. The molecule has 0 unspecified atom stereocenters. The predicted octanol–water partition coefficient (Wildman–Crippen LogP) is 2.98. The van der Waals surface area contributed by atoms with Crippen molar-refractivity contribution >= 4 is 10.0 Å². The Morgan fingerprint density at radius 2 is 1.57 bits per heavy atom. The van der Waals surface area contributed by atoms with Crippen molar-refractivity contribution in [2.45, 2.75) is 39.0 Å². The molecular formula is C16H25NO3S. The van der Waals surface area contributed by atoms with Crippen molar-refractivity contribution in [3.05, 3.63) is 23.3 Å². The fourth-order valence-corrected chi connectivity index (χ4v) is 5.18. The highest BCUT2D eigenvalue weighted by atomic mass is 32.2. The average Bonchev–Trinajstić information content (AvgIpc) is 2.37. The van der Waals surface area contributed by atoms with Gasteiger partial charge in [0.25, 0.3) is 0 Å². The molecule has 1 aromatic carbocycles. The summed E-state index contributed by atoms with van der Waals surface area (Å²) in [5.41, 5.74) is 1.71. The van der Waals surface area contributed by atoms with E-state index in [0.717, 1.165) is 23.3 Å². The maximum absolute atomic E-state index is 12.9. The topological polar surface area (TPSA) is 46.6 Å². The number of ether oxygens (including phenoxy) is 1. The van der Waals surface area contributed by atoms with Gasteiger partial charge in [0, 0.05) is 13.1 Å². The molecule has 1 aromatic rings. The Balaban J connectivity index is 2.40. The van der Waals surface area contributed by atoms with Crippen molar-refractivity contribution in [2.24, 2.45) is 11.8 Å². The zero-order chi connectivity index (χ0) is 15.8. The molecule has 0 N–H and O–H groups in total. The molecule has 2 atom stereocenters. The van der Waals surface area contributed by atoms with Crippen LogP contribution in [0.1, 0.15) is 31.4 Å². The highest BCUT2D eigenvalue weighted by molar-refractivity contribution is 7.89. The lowest BCUT2D eigenvalue weighted by Crippen LogP contribution is -2.42. The van der Waals surface area contributed by atoms with E-state index in [2.05, 4.69) is 13.8 Å². The summed E-state index contributed by atoms with van der Waals surface area (Å²) < 4.78 is 32.7. The quantitative estimate of drug-likeness (QED) is 0.862. The van der Waals surface area contributed by atoms with Crippen LogP contribution in [-0.2, 0) is 10.0 Å². The molecule has 0 spiro atoms. The minimum atomic E-state index is -3.42. The summed E-state index contributed by atoms with van der Waals surface area (Å²) in [6, 6.07) is 3.43. The Hall–Kier alpha value is -1.07. The Bertz CT molecular complexity index is 591. The van der Waals surface area contributed by atoms with Crippen molar-refractivity contribution in [3.63, 3.8) is 0 Å². The summed E-state index contributed by atoms with van der Waals surface area (Å²) in [5.74, 6) is 1.57. The molecule has 118 valence electrons. The lowest BCUT2D eigenvalue weighted by Gasteiger charge is -2.34. The summed E-state index contributed by atoms with van der Waals surface area (Å²) in [5, 5.41) is 0. The van der Waals surface area contributed by atoms with Gasteiger partial charge >= 0.3 is 0 Å². The zero-order valence-corrected chi connectivity index (χ0v) is 14.3. The molecule has 0 radical (unpaired) electrons. The molecule has 5 heteroatoms. The van der Waals surface area contributed by atoms with E-state index >= 15 is 0 Å². The first-order valence-electron chi connectivity index (χ1n) is 7.41. The third-order valence-electron chi connectivity index (χ3n) is 4.11. The number of methoxy groups -OCH3 is 1. The second kappa shape index (κ2) is 5.97. The minimum Gasteiger partial charge on any atom is -0.496 e. The first kappa shape index (κ1) is 16.3. The molecule has 1 heterocycles. The van der Waals surface area contributed by atoms with Gasteiger partial charge in [0.15, 0.2) is 0 Å². The van der Waals surface area contributed by atoms with Crippen LogP contribution < -0.4 is 4.74 Å². The number of sulfonamides is 1. The first-order chi connectivity index (χ1) is 9.75. The van der Waals surface area contributed by atoms with Crippen LogP contribution >= 0.6 is 0 Å². The van der Waals surface area contributed by atoms with Gasteiger partial charge in [-0.2, -0.15) is 4.31 Å². The van der Waals surface area contributed by atoms with Gasteiger partial charge in [-0.1, -0.05) is 13.8 Å². The number of aryl methyl sites for hydroxylation is 2. The first-order valence-corrected chi connectivity index (χ1v) is 8.85. The number of hydrogen-bond donors (Lipinski definition) is 0. The fraction of sp³-hybridized carbons (Fsp3) is 0.625. The standard InChI is InChI=1S/C16H25NO3S/c1-11-6-12(2)10-17(9-11)21(18,19)15-7-13(3)16(20-5)14(4)8-15/h7-8,11-12H,6,9-10H2,1-5H3/t11-,12-/m0/s1. The largest absolute Gasteiger partial charge is 0.496 e. The van der Waals surface area contributed by atoms with Crippen LogP contribution in [0, 0.1) is 25.7 Å². The molecule has 1 saturated heterocycles. The van der Waals surface area contributed by atoms with Crippen LogP contribution in [0.5, 0.6) is 5.75 Å². The van der Waals surface area contributed by atoms with Gasteiger partial charge in [-0.05, 0) is 55.4 Å². The highest BCUT2D eigenvalue weighted by Crippen LogP contribution is 2.31. The van der Waals surface area contributed by atoms with E-state index in [0.29, 0.717) is 29.8 Å². The second-order valence-corrected chi connectivity index (χ2v) is 8.30. The van der Waals surface area contributed by atoms with E-state index in [-0.39, 0.29) is 0 Å². The van der Waals surface area contributed by atoms with Gasteiger partial charge in [-0.15, -0.1) is 0 Å². The van der Waals surface area contributed by atoms with Crippen LogP contribution in [0.3, 0.4) is 0 Å². The van der Waals surface area contributed by atoms with E-state index in [1.807, 2.05) is 13.8 Å². The Labute approximate surface area is 128 Å². The Morgan fingerprint density at radius 1 is 1.10 bits per heavy atom. The molecule has 0 aromatic heterocycles. The second-order valence-electron chi connectivity index (χ2n) is 6.36. The van der Waals surface area contributed by atoms with Crippen LogP contribution in [0.4, 0.5) is 0 Å². The summed E-state index contributed by atoms with van der Waals surface area (Å²) in [6.07, 6.45) is 1.09. The molecule has 0 saturated carbocycles. The van der Waals surface area contributed by atoms with Crippen molar-refractivity contribution in [3.8, 4) is 5.75 Å². The molecule has 0 aliphatic carbocycles. The molecule has 1 fully saturated rings. The Morgan fingerprint density at radius 3 is 2.00 bits per heavy atom. The van der Waals surface area contributed by atoms with Crippen LogP contribution in [0.2, 0.25) is 0 Å². The van der Waals surface area contributed by atoms with E-state index < -0.39 is 10.0 Å². The normalized spacial score (nSPS) is 24.0. The van der Waals surface area contributed by atoms with Crippen LogP contribution in [0.15, 0.2) is 17.0 Å². The molecule has 0 amide bonds. The van der Waals surface area contributed by atoms with Crippen molar-refractivity contribution < 1.29 is 13.2 Å². The Kier molecular flexibility index (Phi) is 4.63. The van der Waals surface area contributed by atoms with Gasteiger partial charge in [-0.3, -0.25) is 0 Å². The summed E-state index contributed by atoms with van der Waals surface area (Å²) >= 11 is 0. The van der Waals surface area contributed by atoms with Crippen molar-refractivity contribution in [1.82, 2.24) is 4.31 Å².